The third-order valence-electron chi connectivity index (χ3n) is 3.89. The minimum absolute atomic E-state index is 0.0293. The number of nitrogens with zero attached hydrogens (tertiary/aromatic N) is 2. The van der Waals surface area contributed by atoms with E-state index in [4.69, 9.17) is 0 Å². The van der Waals surface area contributed by atoms with E-state index in [1.165, 1.54) is 10.6 Å². The Morgan fingerprint density at radius 2 is 1.70 bits per heavy atom. The number of para-hydroxylation sites is 1. The third kappa shape index (κ3) is 5.53. The summed E-state index contributed by atoms with van der Waals surface area (Å²) in [6, 6.07) is 5.67. The van der Waals surface area contributed by atoms with Gasteiger partial charge in [-0.3, -0.25) is 9.10 Å². The molecule has 0 saturated carbocycles. The van der Waals surface area contributed by atoms with E-state index in [2.05, 4.69) is 6.92 Å². The van der Waals surface area contributed by atoms with E-state index in [-0.39, 0.29) is 18.9 Å². The van der Waals surface area contributed by atoms with Crippen molar-refractivity contribution in [2.24, 2.45) is 0 Å². The number of carbonyl (C=O) groups excluding carboxylic acids is 1. The molecule has 1 rings (SSSR count). The lowest BCUT2D eigenvalue weighted by Crippen LogP contribution is -2.36. The van der Waals surface area contributed by atoms with Crippen LogP contribution >= 0.6 is 0 Å². The van der Waals surface area contributed by atoms with E-state index in [1.807, 2.05) is 32.0 Å². The van der Waals surface area contributed by atoms with Gasteiger partial charge in [0, 0.05) is 26.6 Å². The summed E-state index contributed by atoms with van der Waals surface area (Å²) in [6.45, 7) is 6.72. The Balaban J connectivity index is 2.93. The van der Waals surface area contributed by atoms with Gasteiger partial charge in [0.15, 0.2) is 0 Å². The van der Waals surface area contributed by atoms with Gasteiger partial charge in [-0.2, -0.15) is 0 Å². The first kappa shape index (κ1) is 19.5. The molecule has 0 N–H and O–H groups in total. The van der Waals surface area contributed by atoms with Crippen LogP contribution in [-0.4, -0.2) is 45.6 Å². The molecule has 0 bridgehead atoms. The van der Waals surface area contributed by atoms with E-state index in [1.54, 1.807) is 11.9 Å². The number of carbonyl (C=O) groups is 1. The van der Waals surface area contributed by atoms with E-state index in [0.29, 0.717) is 12.2 Å². The second-order valence-corrected chi connectivity index (χ2v) is 7.90. The number of hydrogen-bond acceptors (Lipinski definition) is 3. The van der Waals surface area contributed by atoms with E-state index in [9.17, 15) is 13.2 Å². The summed E-state index contributed by atoms with van der Waals surface area (Å²) in [7, 11) is -1.67. The van der Waals surface area contributed by atoms with Crippen molar-refractivity contribution in [3.8, 4) is 0 Å². The van der Waals surface area contributed by atoms with Crippen molar-refractivity contribution in [2.75, 3.05) is 30.7 Å². The molecule has 0 heterocycles. The number of rotatable bonds is 8. The number of amides is 1. The molecule has 0 aliphatic carbocycles. The maximum atomic E-state index is 12.2. The predicted molar refractivity (Wildman–Crippen MR) is 95.3 cm³/mol. The van der Waals surface area contributed by atoms with Crippen molar-refractivity contribution >= 4 is 21.6 Å². The molecule has 0 spiro atoms. The van der Waals surface area contributed by atoms with Crippen molar-refractivity contribution in [3.05, 3.63) is 29.3 Å². The molecular formula is C17H28N2O3S. The molecule has 0 saturated heterocycles. The Morgan fingerprint density at radius 1 is 1.13 bits per heavy atom. The Kier molecular flexibility index (Phi) is 7.06. The molecule has 1 aromatic carbocycles. The van der Waals surface area contributed by atoms with Crippen LogP contribution in [0.4, 0.5) is 5.69 Å². The van der Waals surface area contributed by atoms with Crippen molar-refractivity contribution in [1.29, 1.82) is 0 Å². The van der Waals surface area contributed by atoms with Crippen LogP contribution in [0.5, 0.6) is 0 Å². The smallest absolute Gasteiger partial charge is 0.232 e. The molecule has 23 heavy (non-hydrogen) atoms. The standard InChI is InChI=1S/C17H28N2O3S/c1-6-7-12-18(4)16(20)11-13-19(23(5,21)22)17-14(2)9-8-10-15(17)3/h8-10H,6-7,11-13H2,1-5H3. The first-order chi connectivity index (χ1) is 10.7. The first-order valence-electron chi connectivity index (χ1n) is 7.96. The van der Waals surface area contributed by atoms with Crippen molar-refractivity contribution in [3.63, 3.8) is 0 Å². The summed E-state index contributed by atoms with van der Waals surface area (Å²) in [5, 5.41) is 0. The fourth-order valence-corrected chi connectivity index (χ4v) is 3.59. The SMILES string of the molecule is CCCCN(C)C(=O)CCN(c1c(C)cccc1C)S(C)(=O)=O. The Hall–Kier alpha value is -1.56. The molecule has 0 aliphatic rings. The van der Waals surface area contributed by atoms with Gasteiger partial charge < -0.3 is 4.90 Å². The first-order valence-corrected chi connectivity index (χ1v) is 9.81. The molecule has 130 valence electrons. The highest BCUT2D eigenvalue weighted by atomic mass is 32.2. The molecular weight excluding hydrogens is 312 g/mol. The fourth-order valence-electron chi connectivity index (χ4n) is 2.55. The van der Waals surface area contributed by atoms with Crippen LogP contribution in [0.1, 0.15) is 37.3 Å². The second-order valence-electron chi connectivity index (χ2n) is 5.99. The average Bonchev–Trinajstić information content (AvgIpc) is 2.46. The van der Waals surface area contributed by atoms with Gasteiger partial charge in [0.25, 0.3) is 0 Å². The maximum Gasteiger partial charge on any atom is 0.232 e. The van der Waals surface area contributed by atoms with Crippen LogP contribution in [0.3, 0.4) is 0 Å². The minimum atomic E-state index is -3.44. The topological polar surface area (TPSA) is 57.7 Å². The Labute approximate surface area is 140 Å². The molecule has 5 nitrogen and oxygen atoms in total. The largest absolute Gasteiger partial charge is 0.346 e. The van der Waals surface area contributed by atoms with Crippen LogP contribution in [0.25, 0.3) is 0 Å². The van der Waals surface area contributed by atoms with Crippen molar-refractivity contribution in [1.82, 2.24) is 4.90 Å². The quantitative estimate of drug-likeness (QED) is 0.731. The van der Waals surface area contributed by atoms with E-state index < -0.39 is 10.0 Å². The number of benzene rings is 1. The van der Waals surface area contributed by atoms with E-state index in [0.717, 1.165) is 24.0 Å². The second kappa shape index (κ2) is 8.34. The fraction of sp³-hybridized carbons (Fsp3) is 0.588. The Bertz CT molecular complexity index is 621. The molecule has 0 aromatic heterocycles. The van der Waals surface area contributed by atoms with Crippen LogP contribution < -0.4 is 4.31 Å². The zero-order valence-corrected chi connectivity index (χ0v) is 15.6. The molecule has 1 amide bonds. The number of anilines is 1. The highest BCUT2D eigenvalue weighted by molar-refractivity contribution is 7.92. The highest BCUT2D eigenvalue weighted by Gasteiger charge is 2.22. The lowest BCUT2D eigenvalue weighted by Gasteiger charge is -2.26. The predicted octanol–water partition coefficient (Wildman–Crippen LogP) is 2.72. The van der Waals surface area contributed by atoms with Gasteiger partial charge in [0.1, 0.15) is 0 Å². The van der Waals surface area contributed by atoms with Gasteiger partial charge in [-0.1, -0.05) is 31.5 Å². The monoisotopic (exact) mass is 340 g/mol. The van der Waals surface area contributed by atoms with Gasteiger partial charge in [-0.05, 0) is 31.4 Å². The molecule has 6 heteroatoms. The molecule has 0 aliphatic heterocycles. The molecule has 0 fully saturated rings. The summed E-state index contributed by atoms with van der Waals surface area (Å²) in [5.74, 6) is -0.0293. The minimum Gasteiger partial charge on any atom is -0.346 e. The van der Waals surface area contributed by atoms with Gasteiger partial charge in [0.05, 0.1) is 11.9 Å². The van der Waals surface area contributed by atoms with Gasteiger partial charge >= 0.3 is 0 Å². The Morgan fingerprint density at radius 3 is 2.17 bits per heavy atom. The van der Waals surface area contributed by atoms with Crippen LogP contribution in [0.15, 0.2) is 18.2 Å². The lowest BCUT2D eigenvalue weighted by atomic mass is 10.1. The molecule has 0 atom stereocenters. The zero-order valence-electron chi connectivity index (χ0n) is 14.8. The normalized spacial score (nSPS) is 11.3. The third-order valence-corrected chi connectivity index (χ3v) is 5.06. The summed E-state index contributed by atoms with van der Waals surface area (Å²) < 4.78 is 25.7. The van der Waals surface area contributed by atoms with Crippen LogP contribution in [0, 0.1) is 13.8 Å². The number of sulfonamides is 1. The lowest BCUT2D eigenvalue weighted by molar-refractivity contribution is -0.129. The number of aryl methyl sites for hydroxylation is 2. The van der Waals surface area contributed by atoms with Gasteiger partial charge in [-0.15, -0.1) is 0 Å². The summed E-state index contributed by atoms with van der Waals surface area (Å²) >= 11 is 0. The van der Waals surface area contributed by atoms with Gasteiger partial charge in [0.2, 0.25) is 15.9 Å². The molecule has 0 radical (unpaired) electrons. The summed E-state index contributed by atoms with van der Waals surface area (Å²) in [4.78, 5) is 13.9. The molecule has 1 aromatic rings. The molecule has 0 unspecified atom stereocenters. The summed E-state index contributed by atoms with van der Waals surface area (Å²) in [6.07, 6.45) is 3.34. The van der Waals surface area contributed by atoms with Gasteiger partial charge in [-0.25, -0.2) is 8.42 Å². The van der Waals surface area contributed by atoms with E-state index >= 15 is 0 Å². The number of unbranched alkanes of at least 4 members (excludes halogenated alkanes) is 1. The summed E-state index contributed by atoms with van der Waals surface area (Å²) in [5.41, 5.74) is 2.46. The van der Waals surface area contributed by atoms with Crippen LogP contribution in [0.2, 0.25) is 0 Å². The highest BCUT2D eigenvalue weighted by Crippen LogP contribution is 2.26. The average molecular weight is 340 g/mol. The number of hydrogen-bond donors (Lipinski definition) is 0. The maximum absolute atomic E-state index is 12.2. The van der Waals surface area contributed by atoms with Crippen LogP contribution in [-0.2, 0) is 14.8 Å². The zero-order chi connectivity index (χ0) is 17.6. The van der Waals surface area contributed by atoms with Crippen molar-refractivity contribution in [2.45, 2.75) is 40.0 Å². The van der Waals surface area contributed by atoms with Crippen molar-refractivity contribution < 1.29 is 13.2 Å².